The summed E-state index contributed by atoms with van der Waals surface area (Å²) in [6.07, 6.45) is 9.95. The maximum absolute atomic E-state index is 4.17. The van der Waals surface area contributed by atoms with Crippen LogP contribution in [0.1, 0.15) is 66.2 Å². The Morgan fingerprint density at radius 2 is 1.93 bits per heavy atom. The van der Waals surface area contributed by atoms with Crippen LogP contribution in [-0.4, -0.2) is 0 Å². The maximum Gasteiger partial charge on any atom is -0.0111 e. The number of rotatable bonds is 8. The van der Waals surface area contributed by atoms with Gasteiger partial charge in [0, 0.05) is 0 Å². The second-order valence-corrected chi connectivity index (χ2v) is 4.69. The molecule has 0 radical (unpaired) electrons. The molecule has 0 bridgehead atoms. The summed E-state index contributed by atoms with van der Waals surface area (Å²) in [5.41, 5.74) is 2.89. The van der Waals surface area contributed by atoms with Gasteiger partial charge in [0.1, 0.15) is 0 Å². The molecule has 0 aromatic heterocycles. The van der Waals surface area contributed by atoms with Gasteiger partial charge in [-0.3, -0.25) is 0 Å². The van der Waals surface area contributed by atoms with E-state index in [1.165, 1.54) is 43.3 Å². The fraction of sp³-hybridized carbons (Fsp3) is 0.733. The van der Waals surface area contributed by atoms with Gasteiger partial charge in [0.2, 0.25) is 0 Å². The lowest BCUT2D eigenvalue weighted by Crippen LogP contribution is -1.96. The zero-order chi connectivity index (χ0) is 11.7. The van der Waals surface area contributed by atoms with E-state index in [-0.39, 0.29) is 0 Å². The summed E-state index contributed by atoms with van der Waals surface area (Å²) in [5, 5.41) is 0. The van der Waals surface area contributed by atoms with Crippen LogP contribution in [0.5, 0.6) is 0 Å². The molecule has 0 aromatic rings. The Bertz CT molecular complexity index is 198. The van der Waals surface area contributed by atoms with Gasteiger partial charge < -0.3 is 0 Å². The molecule has 0 nitrogen and oxygen atoms in total. The van der Waals surface area contributed by atoms with E-state index in [0.717, 1.165) is 6.42 Å². The van der Waals surface area contributed by atoms with Crippen LogP contribution in [-0.2, 0) is 0 Å². The van der Waals surface area contributed by atoms with Crippen molar-refractivity contribution in [2.75, 3.05) is 0 Å². The maximum atomic E-state index is 4.17. The van der Waals surface area contributed by atoms with Crippen molar-refractivity contribution in [1.29, 1.82) is 0 Å². The van der Waals surface area contributed by atoms with Crippen molar-refractivity contribution in [3.8, 4) is 0 Å². The van der Waals surface area contributed by atoms with Gasteiger partial charge in [0.25, 0.3) is 0 Å². The molecule has 1 unspecified atom stereocenters. The summed E-state index contributed by atoms with van der Waals surface area (Å²) in [4.78, 5) is 0. The largest absolute Gasteiger partial charge is 0.0993 e. The SMILES string of the molecule is C=C(CC(C)=CCCCCC)C(C)CC. The van der Waals surface area contributed by atoms with Gasteiger partial charge in [0.05, 0.1) is 0 Å². The molecular weight excluding hydrogens is 180 g/mol. The van der Waals surface area contributed by atoms with Crippen LogP contribution >= 0.6 is 0 Å². The zero-order valence-corrected chi connectivity index (χ0v) is 11.1. The van der Waals surface area contributed by atoms with E-state index in [2.05, 4.69) is 40.3 Å². The van der Waals surface area contributed by atoms with Crippen molar-refractivity contribution < 1.29 is 0 Å². The Labute approximate surface area is 96.5 Å². The summed E-state index contributed by atoms with van der Waals surface area (Å²) >= 11 is 0. The first-order valence-corrected chi connectivity index (χ1v) is 6.45. The number of hydrogen-bond donors (Lipinski definition) is 0. The second kappa shape index (κ2) is 8.76. The Balaban J connectivity index is 3.80. The van der Waals surface area contributed by atoms with Crippen LogP contribution in [0.4, 0.5) is 0 Å². The normalized spacial score (nSPS) is 14.0. The highest BCUT2D eigenvalue weighted by Gasteiger charge is 2.03. The highest BCUT2D eigenvalue weighted by atomic mass is 14.1. The van der Waals surface area contributed by atoms with E-state index < -0.39 is 0 Å². The summed E-state index contributed by atoms with van der Waals surface area (Å²) in [7, 11) is 0. The van der Waals surface area contributed by atoms with Crippen molar-refractivity contribution in [2.24, 2.45) is 5.92 Å². The Morgan fingerprint density at radius 3 is 2.47 bits per heavy atom. The molecule has 15 heavy (non-hydrogen) atoms. The highest BCUT2D eigenvalue weighted by molar-refractivity contribution is 5.12. The van der Waals surface area contributed by atoms with Crippen LogP contribution in [0.2, 0.25) is 0 Å². The first-order chi connectivity index (χ1) is 7.11. The lowest BCUT2D eigenvalue weighted by atomic mass is 9.94. The topological polar surface area (TPSA) is 0 Å². The molecular formula is C15H28. The summed E-state index contributed by atoms with van der Waals surface area (Å²) in [6.45, 7) is 13.2. The van der Waals surface area contributed by atoms with Crippen molar-refractivity contribution in [3.05, 3.63) is 23.8 Å². The molecule has 1 atom stereocenters. The Hall–Kier alpha value is -0.520. The summed E-state index contributed by atoms with van der Waals surface area (Å²) < 4.78 is 0. The third-order valence-corrected chi connectivity index (χ3v) is 3.12. The van der Waals surface area contributed by atoms with Crippen molar-refractivity contribution in [3.63, 3.8) is 0 Å². The molecule has 0 aliphatic rings. The molecule has 0 aliphatic carbocycles. The summed E-state index contributed by atoms with van der Waals surface area (Å²) in [5.74, 6) is 0.670. The predicted molar refractivity (Wildman–Crippen MR) is 71.1 cm³/mol. The second-order valence-electron chi connectivity index (χ2n) is 4.69. The molecule has 0 aliphatic heterocycles. The Morgan fingerprint density at radius 1 is 1.27 bits per heavy atom. The van der Waals surface area contributed by atoms with Crippen molar-refractivity contribution in [1.82, 2.24) is 0 Å². The molecule has 0 rings (SSSR count). The van der Waals surface area contributed by atoms with Gasteiger partial charge in [0.15, 0.2) is 0 Å². The highest BCUT2D eigenvalue weighted by Crippen LogP contribution is 2.20. The molecule has 0 amide bonds. The minimum absolute atomic E-state index is 0.670. The van der Waals surface area contributed by atoms with Crippen LogP contribution in [0.3, 0.4) is 0 Å². The van der Waals surface area contributed by atoms with Crippen LogP contribution < -0.4 is 0 Å². The minimum Gasteiger partial charge on any atom is -0.0993 e. The minimum atomic E-state index is 0.670. The fourth-order valence-electron chi connectivity index (χ4n) is 1.64. The van der Waals surface area contributed by atoms with E-state index >= 15 is 0 Å². The molecule has 0 saturated heterocycles. The van der Waals surface area contributed by atoms with E-state index in [1.54, 1.807) is 0 Å². The van der Waals surface area contributed by atoms with Crippen LogP contribution in [0.25, 0.3) is 0 Å². The third-order valence-electron chi connectivity index (χ3n) is 3.12. The van der Waals surface area contributed by atoms with Crippen molar-refractivity contribution in [2.45, 2.75) is 66.2 Å². The standard InChI is InChI=1S/C15H28/c1-6-8-9-10-11-13(3)12-15(5)14(4)7-2/h11,14H,5-10,12H2,1-4H3. The number of allylic oxidation sites excluding steroid dienone is 3. The number of hydrogen-bond acceptors (Lipinski definition) is 0. The van der Waals surface area contributed by atoms with E-state index in [9.17, 15) is 0 Å². The zero-order valence-electron chi connectivity index (χ0n) is 11.1. The lowest BCUT2D eigenvalue weighted by molar-refractivity contribution is 0.639. The van der Waals surface area contributed by atoms with Gasteiger partial charge in [-0.05, 0) is 38.5 Å². The Kier molecular flexibility index (Phi) is 8.46. The first kappa shape index (κ1) is 14.5. The van der Waals surface area contributed by atoms with Crippen LogP contribution in [0, 0.1) is 5.92 Å². The molecule has 0 spiro atoms. The first-order valence-electron chi connectivity index (χ1n) is 6.45. The summed E-state index contributed by atoms with van der Waals surface area (Å²) in [6, 6.07) is 0. The molecule has 88 valence electrons. The smallest absolute Gasteiger partial charge is 0.0111 e. The van der Waals surface area contributed by atoms with E-state index in [1.807, 2.05) is 0 Å². The quantitative estimate of drug-likeness (QED) is 0.365. The molecule has 0 fully saturated rings. The monoisotopic (exact) mass is 208 g/mol. The molecule has 0 saturated carbocycles. The average Bonchev–Trinajstić information content (AvgIpc) is 2.23. The van der Waals surface area contributed by atoms with E-state index in [0.29, 0.717) is 5.92 Å². The van der Waals surface area contributed by atoms with Crippen LogP contribution in [0.15, 0.2) is 23.8 Å². The fourth-order valence-corrected chi connectivity index (χ4v) is 1.64. The lowest BCUT2D eigenvalue weighted by Gasteiger charge is -2.12. The predicted octanol–water partition coefficient (Wildman–Crippen LogP) is 5.51. The van der Waals surface area contributed by atoms with Gasteiger partial charge in [-0.25, -0.2) is 0 Å². The number of unbranched alkanes of at least 4 members (excludes halogenated alkanes) is 3. The molecule has 0 heterocycles. The third kappa shape index (κ3) is 7.41. The van der Waals surface area contributed by atoms with Crippen molar-refractivity contribution >= 4 is 0 Å². The van der Waals surface area contributed by atoms with Gasteiger partial charge in [-0.2, -0.15) is 0 Å². The van der Waals surface area contributed by atoms with Gasteiger partial charge in [-0.1, -0.05) is 57.4 Å². The molecule has 0 heteroatoms. The van der Waals surface area contributed by atoms with Gasteiger partial charge in [-0.15, -0.1) is 0 Å². The van der Waals surface area contributed by atoms with E-state index in [4.69, 9.17) is 0 Å². The molecule has 0 N–H and O–H groups in total. The molecule has 0 aromatic carbocycles. The van der Waals surface area contributed by atoms with Gasteiger partial charge >= 0.3 is 0 Å². The average molecular weight is 208 g/mol.